The van der Waals surface area contributed by atoms with Gasteiger partial charge in [-0.2, -0.15) is 0 Å². The molecule has 1 aliphatic rings. The van der Waals surface area contributed by atoms with Crippen LogP contribution in [0.25, 0.3) is 0 Å². The summed E-state index contributed by atoms with van der Waals surface area (Å²) < 4.78 is 23.3. The van der Waals surface area contributed by atoms with Crippen LogP contribution in [0, 0.1) is 11.2 Å². The molecule has 0 saturated heterocycles. The summed E-state index contributed by atoms with van der Waals surface area (Å²) in [5.74, 6) is 0.0174. The predicted molar refractivity (Wildman–Crippen MR) is 98.1 cm³/mol. The maximum absolute atomic E-state index is 12.9. The first-order valence-electron chi connectivity index (χ1n) is 8.55. The molecule has 7 heteroatoms. The van der Waals surface area contributed by atoms with Gasteiger partial charge in [-0.25, -0.2) is 4.39 Å². The Labute approximate surface area is 156 Å². The molecule has 2 aromatic rings. The number of rotatable bonds is 7. The highest BCUT2D eigenvalue weighted by atomic mass is 19.1. The van der Waals surface area contributed by atoms with Gasteiger partial charge in [0.05, 0.1) is 14.2 Å². The molecule has 2 aromatic carbocycles. The molecule has 2 amide bonds. The summed E-state index contributed by atoms with van der Waals surface area (Å²) in [6, 6.07) is 10.9. The number of carbonyl (C=O) groups is 2. The summed E-state index contributed by atoms with van der Waals surface area (Å²) >= 11 is 0. The molecule has 0 heterocycles. The van der Waals surface area contributed by atoms with Crippen LogP contribution in [0.1, 0.15) is 18.4 Å². The van der Waals surface area contributed by atoms with Gasteiger partial charge in [-0.15, -0.1) is 0 Å². The van der Waals surface area contributed by atoms with Gasteiger partial charge in [0.1, 0.15) is 11.2 Å². The zero-order chi connectivity index (χ0) is 19.4. The first-order valence-corrected chi connectivity index (χ1v) is 8.55. The van der Waals surface area contributed by atoms with Gasteiger partial charge in [-0.1, -0.05) is 12.1 Å². The topological polar surface area (TPSA) is 76.7 Å². The van der Waals surface area contributed by atoms with Gasteiger partial charge < -0.3 is 20.1 Å². The smallest absolute Gasteiger partial charge is 0.240 e. The Morgan fingerprint density at radius 1 is 1.00 bits per heavy atom. The molecule has 0 unspecified atom stereocenters. The van der Waals surface area contributed by atoms with Crippen LogP contribution >= 0.6 is 0 Å². The Morgan fingerprint density at radius 3 is 2.26 bits per heavy atom. The first kappa shape index (κ1) is 18.7. The molecular weight excluding hydrogens is 351 g/mol. The zero-order valence-corrected chi connectivity index (χ0v) is 15.2. The maximum atomic E-state index is 12.9. The Hall–Kier alpha value is -3.09. The van der Waals surface area contributed by atoms with E-state index in [1.54, 1.807) is 30.3 Å². The van der Waals surface area contributed by atoms with Crippen molar-refractivity contribution >= 4 is 17.5 Å². The van der Waals surface area contributed by atoms with Gasteiger partial charge in [0.25, 0.3) is 0 Å². The number of benzene rings is 2. The summed E-state index contributed by atoms with van der Waals surface area (Å²) in [5, 5.41) is 5.53. The third-order valence-corrected chi connectivity index (χ3v) is 4.63. The van der Waals surface area contributed by atoms with Crippen molar-refractivity contribution in [2.75, 3.05) is 19.5 Å². The van der Waals surface area contributed by atoms with Gasteiger partial charge >= 0.3 is 0 Å². The molecule has 0 radical (unpaired) electrons. The van der Waals surface area contributed by atoms with Crippen LogP contribution in [0.3, 0.4) is 0 Å². The molecule has 3 rings (SSSR count). The Kier molecular flexibility index (Phi) is 5.30. The highest BCUT2D eigenvalue weighted by Gasteiger charge is 2.56. The lowest BCUT2D eigenvalue weighted by Gasteiger charge is -2.16. The third kappa shape index (κ3) is 4.02. The van der Waals surface area contributed by atoms with Crippen molar-refractivity contribution in [1.82, 2.24) is 5.32 Å². The van der Waals surface area contributed by atoms with Crippen LogP contribution in [0.4, 0.5) is 10.1 Å². The standard InChI is InChI=1S/C20H21FN2O4/c1-26-16-8-7-15(11-17(16)27-2)23-19(25)20(9-10-20)18(24)22-12-13-3-5-14(21)6-4-13/h3-8,11H,9-10,12H2,1-2H3,(H,22,24)(H,23,25). The van der Waals surface area contributed by atoms with Crippen LogP contribution in [0.15, 0.2) is 42.5 Å². The van der Waals surface area contributed by atoms with E-state index in [2.05, 4.69) is 10.6 Å². The van der Waals surface area contributed by atoms with E-state index >= 15 is 0 Å². The Bertz CT molecular complexity index is 848. The third-order valence-electron chi connectivity index (χ3n) is 4.63. The fraction of sp³-hybridized carbons (Fsp3) is 0.300. The molecule has 0 bridgehead atoms. The van der Waals surface area contributed by atoms with E-state index in [-0.39, 0.29) is 24.2 Å². The average molecular weight is 372 g/mol. The molecule has 1 saturated carbocycles. The molecule has 1 aliphatic carbocycles. The number of methoxy groups -OCH3 is 2. The number of halogens is 1. The minimum Gasteiger partial charge on any atom is -0.493 e. The van der Waals surface area contributed by atoms with Gasteiger partial charge in [-0.3, -0.25) is 9.59 Å². The largest absolute Gasteiger partial charge is 0.493 e. The molecule has 27 heavy (non-hydrogen) atoms. The fourth-order valence-electron chi connectivity index (χ4n) is 2.80. The highest BCUT2D eigenvalue weighted by molar-refractivity contribution is 6.13. The second-order valence-electron chi connectivity index (χ2n) is 6.42. The second kappa shape index (κ2) is 7.65. The number of ether oxygens (including phenoxy) is 2. The Morgan fingerprint density at radius 2 is 1.67 bits per heavy atom. The average Bonchev–Trinajstić information content (AvgIpc) is 3.49. The van der Waals surface area contributed by atoms with Crippen molar-refractivity contribution < 1.29 is 23.5 Å². The molecule has 0 aliphatic heterocycles. The number of anilines is 1. The number of nitrogens with one attached hydrogen (secondary N) is 2. The van der Waals surface area contributed by atoms with E-state index in [4.69, 9.17) is 9.47 Å². The van der Waals surface area contributed by atoms with E-state index < -0.39 is 5.41 Å². The maximum Gasteiger partial charge on any atom is 0.240 e. The quantitative estimate of drug-likeness (QED) is 0.733. The van der Waals surface area contributed by atoms with Gasteiger partial charge in [0, 0.05) is 18.3 Å². The molecule has 0 aromatic heterocycles. The monoisotopic (exact) mass is 372 g/mol. The summed E-state index contributed by atoms with van der Waals surface area (Å²) in [7, 11) is 3.04. The SMILES string of the molecule is COc1ccc(NC(=O)C2(C(=O)NCc3ccc(F)cc3)CC2)cc1OC. The van der Waals surface area contributed by atoms with Crippen molar-refractivity contribution in [2.45, 2.75) is 19.4 Å². The van der Waals surface area contributed by atoms with E-state index in [9.17, 15) is 14.0 Å². The molecule has 0 spiro atoms. The number of hydrogen-bond acceptors (Lipinski definition) is 4. The van der Waals surface area contributed by atoms with E-state index in [0.717, 1.165) is 5.56 Å². The molecular formula is C20H21FN2O4. The number of amides is 2. The minimum absolute atomic E-state index is 0.241. The molecule has 1 fully saturated rings. The number of hydrogen-bond donors (Lipinski definition) is 2. The highest BCUT2D eigenvalue weighted by Crippen LogP contribution is 2.47. The van der Waals surface area contributed by atoms with Crippen molar-refractivity contribution in [3.8, 4) is 11.5 Å². The predicted octanol–water partition coefficient (Wildman–Crippen LogP) is 2.88. The van der Waals surface area contributed by atoms with Crippen molar-refractivity contribution in [3.63, 3.8) is 0 Å². The van der Waals surface area contributed by atoms with Crippen molar-refractivity contribution in [2.24, 2.45) is 5.41 Å². The van der Waals surface area contributed by atoms with Crippen LogP contribution in [-0.4, -0.2) is 26.0 Å². The second-order valence-corrected chi connectivity index (χ2v) is 6.42. The van der Waals surface area contributed by atoms with Crippen molar-refractivity contribution in [1.29, 1.82) is 0 Å². The fourth-order valence-corrected chi connectivity index (χ4v) is 2.80. The van der Waals surface area contributed by atoms with E-state index in [1.807, 2.05) is 0 Å². The Balaban J connectivity index is 1.63. The van der Waals surface area contributed by atoms with Gasteiger partial charge in [-0.05, 0) is 42.7 Å². The van der Waals surface area contributed by atoms with Crippen LogP contribution in [0.5, 0.6) is 11.5 Å². The summed E-state index contributed by atoms with van der Waals surface area (Å²) in [4.78, 5) is 25.2. The van der Waals surface area contributed by atoms with Crippen molar-refractivity contribution in [3.05, 3.63) is 53.8 Å². The normalized spacial score (nSPS) is 14.2. The zero-order valence-electron chi connectivity index (χ0n) is 15.2. The van der Waals surface area contributed by atoms with Crippen LogP contribution in [-0.2, 0) is 16.1 Å². The lowest BCUT2D eigenvalue weighted by atomic mass is 10.0. The molecule has 2 N–H and O–H groups in total. The first-order chi connectivity index (χ1) is 13.0. The van der Waals surface area contributed by atoms with Crippen LogP contribution in [0.2, 0.25) is 0 Å². The molecule has 6 nitrogen and oxygen atoms in total. The molecule has 142 valence electrons. The summed E-state index contributed by atoms with van der Waals surface area (Å²) in [6.45, 7) is 0.241. The molecule has 0 atom stereocenters. The lowest BCUT2D eigenvalue weighted by Crippen LogP contribution is -2.39. The number of carbonyl (C=O) groups excluding carboxylic acids is 2. The van der Waals surface area contributed by atoms with Gasteiger partial charge in [0.15, 0.2) is 11.5 Å². The van der Waals surface area contributed by atoms with E-state index in [0.29, 0.717) is 30.0 Å². The van der Waals surface area contributed by atoms with Gasteiger partial charge in [0.2, 0.25) is 11.8 Å². The summed E-state index contributed by atoms with van der Waals surface area (Å²) in [6.07, 6.45) is 0.975. The summed E-state index contributed by atoms with van der Waals surface area (Å²) in [5.41, 5.74) is 0.226. The van der Waals surface area contributed by atoms with E-state index in [1.165, 1.54) is 26.4 Å². The van der Waals surface area contributed by atoms with Crippen LogP contribution < -0.4 is 20.1 Å². The lowest BCUT2D eigenvalue weighted by molar-refractivity contribution is -0.134. The minimum atomic E-state index is -1.06.